The molecule has 1 rings (SSSR count). The molecule has 7 nitrogen and oxygen atoms in total. The summed E-state index contributed by atoms with van der Waals surface area (Å²) in [6.07, 6.45) is -1.47. The highest BCUT2D eigenvalue weighted by molar-refractivity contribution is 5.74. The fraction of sp³-hybridized carbons (Fsp3) is 0.333. The Morgan fingerprint density at radius 2 is 1.58 bits per heavy atom. The van der Waals surface area contributed by atoms with Crippen LogP contribution in [0.2, 0.25) is 0 Å². The van der Waals surface area contributed by atoms with Crippen LogP contribution in [0.4, 0.5) is 0 Å². The van der Waals surface area contributed by atoms with E-state index < -0.39 is 24.1 Å². The molecule has 0 fully saturated rings. The molecule has 0 aliphatic heterocycles. The summed E-state index contributed by atoms with van der Waals surface area (Å²) >= 11 is 0. The average Bonchev–Trinajstić information content (AvgIpc) is 2.38. The molecule has 0 heterocycles. The smallest absolute Gasteiger partial charge is 0.337 e. The van der Waals surface area contributed by atoms with Crippen molar-refractivity contribution in [3.8, 4) is 5.75 Å². The molecule has 0 aromatic heterocycles. The van der Waals surface area contributed by atoms with Crippen molar-refractivity contribution in [3.05, 3.63) is 29.8 Å². The van der Waals surface area contributed by atoms with Gasteiger partial charge in [-0.3, -0.25) is 4.79 Å². The molecule has 106 valence electrons. The van der Waals surface area contributed by atoms with Gasteiger partial charge in [-0.25, -0.2) is 4.79 Å². The second kappa shape index (κ2) is 8.06. The van der Waals surface area contributed by atoms with E-state index in [1.165, 1.54) is 26.2 Å². The van der Waals surface area contributed by atoms with Crippen molar-refractivity contribution in [1.82, 2.24) is 0 Å². The number of ether oxygens (including phenoxy) is 1. The maximum absolute atomic E-state index is 10.4. The van der Waals surface area contributed by atoms with Gasteiger partial charge in [0.05, 0.1) is 7.11 Å². The molecule has 7 heteroatoms. The largest absolute Gasteiger partial charge is 0.497 e. The van der Waals surface area contributed by atoms with Crippen molar-refractivity contribution in [2.75, 3.05) is 7.11 Å². The molecule has 0 bridgehead atoms. The van der Waals surface area contributed by atoms with Gasteiger partial charge < -0.3 is 25.8 Å². The lowest BCUT2D eigenvalue weighted by molar-refractivity contribution is -0.147. The van der Waals surface area contributed by atoms with Gasteiger partial charge in [0.2, 0.25) is 0 Å². The fourth-order valence-corrected chi connectivity index (χ4v) is 0.929. The molecule has 0 spiro atoms. The summed E-state index contributed by atoms with van der Waals surface area (Å²) in [5.41, 5.74) is 5.18. The number of hydrogen-bond acceptors (Lipinski definition) is 5. The van der Waals surface area contributed by atoms with Crippen LogP contribution in [0.5, 0.6) is 5.75 Å². The van der Waals surface area contributed by atoms with Gasteiger partial charge in [-0.05, 0) is 24.6 Å². The number of aliphatic hydroxyl groups is 1. The van der Waals surface area contributed by atoms with E-state index in [1.807, 2.05) is 0 Å². The molecule has 1 aromatic rings. The van der Waals surface area contributed by atoms with Crippen LogP contribution in [0.25, 0.3) is 0 Å². The Balaban J connectivity index is 0.000000459. The number of carbonyl (C=O) groups is 2. The summed E-state index contributed by atoms with van der Waals surface area (Å²) < 4.78 is 4.88. The zero-order chi connectivity index (χ0) is 15.0. The number of rotatable bonds is 4. The zero-order valence-electron chi connectivity index (χ0n) is 10.6. The first-order valence-corrected chi connectivity index (χ1v) is 5.32. The van der Waals surface area contributed by atoms with Crippen molar-refractivity contribution in [2.24, 2.45) is 5.73 Å². The Labute approximate surface area is 110 Å². The van der Waals surface area contributed by atoms with Crippen molar-refractivity contribution in [1.29, 1.82) is 0 Å². The third kappa shape index (κ3) is 6.39. The van der Waals surface area contributed by atoms with Crippen LogP contribution in [0.3, 0.4) is 0 Å². The SMILES string of the molecule is COc1ccc(C(O)C(=O)O)cc1.C[C@H](N)C(=O)O. The van der Waals surface area contributed by atoms with Crippen molar-refractivity contribution in [2.45, 2.75) is 19.1 Å². The normalized spacial score (nSPS) is 12.6. The topological polar surface area (TPSA) is 130 Å². The number of carboxylic acid groups (broad SMARTS) is 2. The Bertz CT molecular complexity index is 415. The molecule has 0 aliphatic rings. The van der Waals surface area contributed by atoms with E-state index >= 15 is 0 Å². The first-order valence-electron chi connectivity index (χ1n) is 5.32. The fourth-order valence-electron chi connectivity index (χ4n) is 0.929. The first kappa shape index (κ1) is 16.9. The number of carboxylic acids is 2. The summed E-state index contributed by atoms with van der Waals surface area (Å²) in [5.74, 6) is -1.60. The third-order valence-electron chi connectivity index (χ3n) is 2.05. The molecule has 0 aliphatic carbocycles. The minimum atomic E-state index is -1.47. The van der Waals surface area contributed by atoms with E-state index in [0.29, 0.717) is 11.3 Å². The molecular formula is C12H17NO6. The van der Waals surface area contributed by atoms with E-state index in [0.717, 1.165) is 0 Å². The Morgan fingerprint density at radius 1 is 1.16 bits per heavy atom. The number of nitrogens with two attached hydrogens (primary N) is 1. The van der Waals surface area contributed by atoms with Crippen LogP contribution in [-0.4, -0.2) is 40.4 Å². The number of hydrogen-bond donors (Lipinski definition) is 4. The van der Waals surface area contributed by atoms with E-state index in [4.69, 9.17) is 25.8 Å². The summed E-state index contributed by atoms with van der Waals surface area (Å²) in [6.45, 7) is 1.42. The van der Waals surface area contributed by atoms with Gasteiger partial charge in [-0.15, -0.1) is 0 Å². The molecule has 0 amide bonds. The van der Waals surface area contributed by atoms with Gasteiger partial charge in [0.15, 0.2) is 6.10 Å². The number of aliphatic carboxylic acids is 2. The van der Waals surface area contributed by atoms with Gasteiger partial charge in [0.25, 0.3) is 0 Å². The van der Waals surface area contributed by atoms with Gasteiger partial charge in [0, 0.05) is 0 Å². The standard InChI is InChI=1S/C9H10O4.C3H7NO2/c1-13-7-4-2-6(3-5-7)8(10)9(11)12;1-2(4)3(5)6/h2-5,8,10H,1H3,(H,11,12);2H,4H2,1H3,(H,5,6)/t;2-/m.0/s1. The van der Waals surface area contributed by atoms with E-state index in [2.05, 4.69) is 0 Å². The second-order valence-electron chi connectivity index (χ2n) is 3.64. The van der Waals surface area contributed by atoms with Crippen LogP contribution in [0, 0.1) is 0 Å². The lowest BCUT2D eigenvalue weighted by atomic mass is 10.1. The molecule has 5 N–H and O–H groups in total. The van der Waals surface area contributed by atoms with Gasteiger partial charge in [-0.1, -0.05) is 12.1 Å². The predicted octanol–water partition coefficient (Wildman–Crippen LogP) is 0.231. The zero-order valence-corrected chi connectivity index (χ0v) is 10.6. The molecule has 0 radical (unpaired) electrons. The summed E-state index contributed by atoms with van der Waals surface area (Å²) in [5, 5.41) is 25.5. The summed E-state index contributed by atoms with van der Waals surface area (Å²) in [7, 11) is 1.52. The van der Waals surface area contributed by atoms with Crippen molar-refractivity contribution < 1.29 is 29.6 Å². The van der Waals surface area contributed by atoms with Gasteiger partial charge >= 0.3 is 11.9 Å². The number of benzene rings is 1. The highest BCUT2D eigenvalue weighted by atomic mass is 16.5. The summed E-state index contributed by atoms with van der Waals surface area (Å²) in [4.78, 5) is 19.9. The Kier molecular flexibility index (Phi) is 7.16. The highest BCUT2D eigenvalue weighted by Crippen LogP contribution is 2.17. The van der Waals surface area contributed by atoms with Crippen molar-refractivity contribution >= 4 is 11.9 Å². The van der Waals surface area contributed by atoms with E-state index in [9.17, 15) is 9.59 Å². The molecule has 1 aromatic carbocycles. The quantitative estimate of drug-likeness (QED) is 0.616. The molecule has 1 unspecified atom stereocenters. The third-order valence-corrected chi connectivity index (χ3v) is 2.05. The monoisotopic (exact) mass is 271 g/mol. The highest BCUT2D eigenvalue weighted by Gasteiger charge is 2.14. The van der Waals surface area contributed by atoms with Crippen LogP contribution >= 0.6 is 0 Å². The minimum Gasteiger partial charge on any atom is -0.497 e. The van der Waals surface area contributed by atoms with Gasteiger partial charge in [-0.2, -0.15) is 0 Å². The van der Waals surface area contributed by atoms with Crippen LogP contribution in [-0.2, 0) is 9.59 Å². The lowest BCUT2D eigenvalue weighted by Gasteiger charge is -2.06. The molecular weight excluding hydrogens is 254 g/mol. The van der Waals surface area contributed by atoms with Crippen LogP contribution in [0.1, 0.15) is 18.6 Å². The lowest BCUT2D eigenvalue weighted by Crippen LogP contribution is -2.25. The Hall–Kier alpha value is -2.12. The summed E-state index contributed by atoms with van der Waals surface area (Å²) in [6, 6.07) is 5.49. The number of methoxy groups -OCH3 is 1. The Morgan fingerprint density at radius 3 is 1.84 bits per heavy atom. The van der Waals surface area contributed by atoms with Gasteiger partial charge in [0.1, 0.15) is 11.8 Å². The van der Waals surface area contributed by atoms with Crippen molar-refractivity contribution in [3.63, 3.8) is 0 Å². The molecule has 19 heavy (non-hydrogen) atoms. The van der Waals surface area contributed by atoms with E-state index in [1.54, 1.807) is 12.1 Å². The predicted molar refractivity (Wildman–Crippen MR) is 66.9 cm³/mol. The maximum Gasteiger partial charge on any atom is 0.337 e. The molecule has 2 atom stereocenters. The first-order chi connectivity index (χ1) is 8.79. The van der Waals surface area contributed by atoms with Crippen LogP contribution < -0.4 is 10.5 Å². The van der Waals surface area contributed by atoms with E-state index in [-0.39, 0.29) is 0 Å². The minimum absolute atomic E-state index is 0.341. The molecule has 0 saturated heterocycles. The average molecular weight is 271 g/mol. The number of aliphatic hydroxyl groups excluding tert-OH is 1. The second-order valence-corrected chi connectivity index (χ2v) is 3.64. The molecule has 0 saturated carbocycles. The maximum atomic E-state index is 10.4. The van der Waals surface area contributed by atoms with Crippen LogP contribution in [0.15, 0.2) is 24.3 Å².